The van der Waals surface area contributed by atoms with E-state index in [0.29, 0.717) is 0 Å². The van der Waals surface area contributed by atoms with Crippen molar-refractivity contribution in [1.82, 2.24) is 5.32 Å². The van der Waals surface area contributed by atoms with Crippen molar-refractivity contribution in [1.29, 1.82) is 0 Å². The Hall–Kier alpha value is -0.720. The number of hydrogen-bond donors (Lipinski definition) is 1. The Bertz CT molecular complexity index is 149. The summed E-state index contributed by atoms with van der Waals surface area (Å²) in [5.74, 6) is 0. The number of allylic oxidation sites excluding steroid dienone is 2. The van der Waals surface area contributed by atoms with Crippen LogP contribution in [0.2, 0.25) is 0 Å². The predicted octanol–water partition coefficient (Wildman–Crippen LogP) is 2.85. The first-order chi connectivity index (χ1) is 4.95. The Morgan fingerprint density at radius 3 is 2.36 bits per heavy atom. The first-order valence-electron chi connectivity index (χ1n) is 4.09. The third-order valence-electron chi connectivity index (χ3n) is 1.09. The van der Waals surface area contributed by atoms with Crippen molar-refractivity contribution in [3.8, 4) is 0 Å². The second kappa shape index (κ2) is 4.22. The maximum Gasteiger partial charge on any atom is 0.0289 e. The van der Waals surface area contributed by atoms with Gasteiger partial charge in [-0.05, 0) is 33.3 Å². The van der Waals surface area contributed by atoms with Gasteiger partial charge in [-0.25, -0.2) is 0 Å². The fourth-order valence-corrected chi connectivity index (χ4v) is 0.783. The molecule has 0 fully saturated rings. The largest absolute Gasteiger partial charge is 0.381 e. The number of hydrogen-bond acceptors (Lipinski definition) is 1. The van der Waals surface area contributed by atoms with Crippen LogP contribution in [0.1, 0.15) is 34.1 Å². The fourth-order valence-electron chi connectivity index (χ4n) is 0.783. The van der Waals surface area contributed by atoms with Gasteiger partial charge in [0.2, 0.25) is 0 Å². The molecule has 0 rings (SSSR count). The summed E-state index contributed by atoms with van der Waals surface area (Å²) in [5.41, 5.74) is 1.11. The van der Waals surface area contributed by atoms with Crippen molar-refractivity contribution in [3.05, 3.63) is 24.4 Å². The van der Waals surface area contributed by atoms with Crippen molar-refractivity contribution >= 4 is 0 Å². The van der Waals surface area contributed by atoms with Gasteiger partial charge in [0.1, 0.15) is 0 Å². The average molecular weight is 153 g/mol. The Morgan fingerprint density at radius 1 is 1.45 bits per heavy atom. The molecule has 0 aliphatic heterocycles. The normalized spacial score (nSPS) is 12.0. The van der Waals surface area contributed by atoms with Crippen LogP contribution in [-0.2, 0) is 0 Å². The first-order valence-corrected chi connectivity index (χ1v) is 4.09. The molecule has 0 saturated carbocycles. The van der Waals surface area contributed by atoms with E-state index < -0.39 is 0 Å². The van der Waals surface area contributed by atoms with Gasteiger partial charge in [0, 0.05) is 11.2 Å². The molecule has 0 spiro atoms. The molecule has 1 nitrogen and oxygen atoms in total. The molecule has 1 heteroatoms. The molecule has 0 radical (unpaired) electrons. The van der Waals surface area contributed by atoms with E-state index in [0.717, 1.165) is 12.1 Å². The minimum atomic E-state index is 0.120. The molecule has 11 heavy (non-hydrogen) atoms. The summed E-state index contributed by atoms with van der Waals surface area (Å²) >= 11 is 0. The third kappa shape index (κ3) is 7.17. The monoisotopic (exact) mass is 153 g/mol. The smallest absolute Gasteiger partial charge is 0.0289 e. The van der Waals surface area contributed by atoms with Crippen LogP contribution in [-0.4, -0.2) is 5.54 Å². The Balaban J connectivity index is 3.80. The average Bonchev–Trinajstić information content (AvgIpc) is 1.79. The van der Waals surface area contributed by atoms with Gasteiger partial charge in [-0.1, -0.05) is 19.6 Å². The maximum absolute atomic E-state index is 3.88. The van der Waals surface area contributed by atoms with Crippen LogP contribution in [0.25, 0.3) is 0 Å². The van der Waals surface area contributed by atoms with Gasteiger partial charge in [-0.15, -0.1) is 0 Å². The minimum Gasteiger partial charge on any atom is -0.381 e. The molecule has 0 aromatic rings. The summed E-state index contributed by atoms with van der Waals surface area (Å²) in [6.07, 6.45) is 5.18. The van der Waals surface area contributed by atoms with Gasteiger partial charge in [0.05, 0.1) is 0 Å². The summed E-state index contributed by atoms with van der Waals surface area (Å²) in [4.78, 5) is 0. The lowest BCUT2D eigenvalue weighted by Gasteiger charge is -2.22. The first kappa shape index (κ1) is 10.3. The molecule has 0 aliphatic carbocycles. The quantitative estimate of drug-likeness (QED) is 0.615. The van der Waals surface area contributed by atoms with E-state index in [4.69, 9.17) is 0 Å². The lowest BCUT2D eigenvalue weighted by Crippen LogP contribution is -2.33. The van der Waals surface area contributed by atoms with Gasteiger partial charge < -0.3 is 5.32 Å². The molecule has 0 aromatic carbocycles. The van der Waals surface area contributed by atoms with Gasteiger partial charge in [-0.2, -0.15) is 0 Å². The van der Waals surface area contributed by atoms with Crippen molar-refractivity contribution in [3.63, 3.8) is 0 Å². The fraction of sp³-hybridized carbons (Fsp3) is 0.600. The summed E-state index contributed by atoms with van der Waals surface area (Å²) in [7, 11) is 0. The molecule has 0 bridgehead atoms. The highest BCUT2D eigenvalue weighted by Gasteiger charge is 2.07. The van der Waals surface area contributed by atoms with Gasteiger partial charge in [0.15, 0.2) is 0 Å². The van der Waals surface area contributed by atoms with Gasteiger partial charge in [0.25, 0.3) is 0 Å². The van der Waals surface area contributed by atoms with Crippen LogP contribution < -0.4 is 5.32 Å². The molecule has 0 atom stereocenters. The summed E-state index contributed by atoms with van der Waals surface area (Å²) in [5, 5.41) is 3.27. The topological polar surface area (TPSA) is 12.0 Å². The van der Waals surface area contributed by atoms with E-state index in [1.807, 2.05) is 6.08 Å². The third-order valence-corrected chi connectivity index (χ3v) is 1.09. The molecule has 0 aliphatic rings. The second-order valence-electron chi connectivity index (χ2n) is 3.71. The molecule has 0 unspecified atom stereocenters. The standard InChI is InChI=1S/C10H19N/c1-6-7-8-9(2)11-10(3,4)5/h7-8,11H,2,6H2,1,3-5H3/b8-7+. The minimum absolute atomic E-state index is 0.120. The molecule has 64 valence electrons. The Labute approximate surface area is 70.2 Å². The molecule has 0 aromatic heterocycles. The van der Waals surface area contributed by atoms with Gasteiger partial charge >= 0.3 is 0 Å². The molecule has 0 amide bonds. The highest BCUT2D eigenvalue weighted by molar-refractivity contribution is 5.13. The molecule has 0 heterocycles. The summed E-state index contributed by atoms with van der Waals surface area (Å²) in [6.45, 7) is 12.4. The Kier molecular flexibility index (Phi) is 3.94. The van der Waals surface area contributed by atoms with Crippen molar-refractivity contribution < 1.29 is 0 Å². The molecule has 1 N–H and O–H groups in total. The summed E-state index contributed by atoms with van der Waals surface area (Å²) < 4.78 is 0. The van der Waals surface area contributed by atoms with E-state index >= 15 is 0 Å². The Morgan fingerprint density at radius 2 is 2.00 bits per heavy atom. The van der Waals surface area contributed by atoms with E-state index in [-0.39, 0.29) is 5.54 Å². The molecular formula is C10H19N. The highest BCUT2D eigenvalue weighted by atomic mass is 14.9. The zero-order valence-corrected chi connectivity index (χ0v) is 8.07. The van der Waals surface area contributed by atoms with Gasteiger partial charge in [-0.3, -0.25) is 0 Å². The number of nitrogens with one attached hydrogen (secondary N) is 1. The lowest BCUT2D eigenvalue weighted by molar-refractivity contribution is 0.480. The zero-order chi connectivity index (χ0) is 8.91. The second-order valence-corrected chi connectivity index (χ2v) is 3.71. The maximum atomic E-state index is 3.88. The van der Waals surface area contributed by atoms with Crippen LogP contribution in [0.3, 0.4) is 0 Å². The summed E-state index contributed by atoms with van der Waals surface area (Å²) in [6, 6.07) is 0. The van der Waals surface area contributed by atoms with Crippen molar-refractivity contribution in [2.75, 3.05) is 0 Å². The van der Waals surface area contributed by atoms with Crippen LogP contribution in [0.4, 0.5) is 0 Å². The SMILES string of the molecule is C=C(/C=C/CC)NC(C)(C)C. The van der Waals surface area contributed by atoms with Crippen LogP contribution >= 0.6 is 0 Å². The predicted molar refractivity (Wildman–Crippen MR) is 51.5 cm³/mol. The zero-order valence-electron chi connectivity index (χ0n) is 8.07. The lowest BCUT2D eigenvalue weighted by atomic mass is 10.1. The van der Waals surface area contributed by atoms with E-state index in [1.165, 1.54) is 0 Å². The van der Waals surface area contributed by atoms with E-state index in [9.17, 15) is 0 Å². The number of rotatable bonds is 3. The van der Waals surface area contributed by atoms with E-state index in [1.54, 1.807) is 0 Å². The molecular weight excluding hydrogens is 134 g/mol. The van der Waals surface area contributed by atoms with Crippen LogP contribution in [0.15, 0.2) is 24.4 Å². The van der Waals surface area contributed by atoms with E-state index in [2.05, 4.69) is 45.7 Å². The molecule has 0 saturated heterocycles. The van der Waals surface area contributed by atoms with Crippen LogP contribution in [0, 0.1) is 0 Å². The van der Waals surface area contributed by atoms with Crippen molar-refractivity contribution in [2.45, 2.75) is 39.7 Å². The van der Waals surface area contributed by atoms with Crippen molar-refractivity contribution in [2.24, 2.45) is 0 Å². The highest BCUT2D eigenvalue weighted by Crippen LogP contribution is 2.02. The van der Waals surface area contributed by atoms with Crippen LogP contribution in [0.5, 0.6) is 0 Å².